The summed E-state index contributed by atoms with van der Waals surface area (Å²) in [6.07, 6.45) is -2.67. The number of carbonyl (C=O) groups is 1. The highest BCUT2D eigenvalue weighted by Gasteiger charge is 2.35. The number of ether oxygens (including phenoxy) is 1. The van der Waals surface area contributed by atoms with Gasteiger partial charge in [-0.1, -0.05) is 12.1 Å². The topological polar surface area (TPSA) is 59.4 Å². The van der Waals surface area contributed by atoms with Crippen molar-refractivity contribution in [3.8, 4) is 0 Å². The number of fused-ring (bicyclic) bond motifs is 1. The van der Waals surface area contributed by atoms with Crippen LogP contribution in [-0.2, 0) is 28.0 Å². The number of imidazole rings is 1. The molecule has 1 aliphatic heterocycles. The Kier molecular flexibility index (Phi) is 6.61. The van der Waals surface area contributed by atoms with Crippen LogP contribution in [0.3, 0.4) is 0 Å². The molecule has 1 aliphatic rings. The predicted molar refractivity (Wildman–Crippen MR) is 120 cm³/mol. The second kappa shape index (κ2) is 9.41. The van der Waals surface area contributed by atoms with Gasteiger partial charge in [-0.3, -0.25) is 4.79 Å². The maximum atomic E-state index is 13.8. The molecule has 0 saturated carbocycles. The molecule has 32 heavy (non-hydrogen) atoms. The minimum absolute atomic E-state index is 0.126. The molecule has 170 valence electrons. The average Bonchev–Trinajstić information content (AvgIpc) is 3.11. The molecule has 0 bridgehead atoms. The molecule has 3 aromatic rings. The van der Waals surface area contributed by atoms with E-state index in [1.165, 1.54) is 6.07 Å². The number of alkyl halides is 3. The minimum atomic E-state index is -4.60. The van der Waals surface area contributed by atoms with Crippen molar-refractivity contribution in [1.29, 1.82) is 0 Å². The average molecular weight is 465 g/mol. The molecule has 1 N–H and O–H groups in total. The van der Waals surface area contributed by atoms with Crippen molar-refractivity contribution < 1.29 is 22.7 Å². The summed E-state index contributed by atoms with van der Waals surface area (Å²) in [4.78, 5) is 19.2. The SMILES string of the molecule is CSCc1nc2ccccc2n1CC(=O)Nc1ccc(N2CCOCC2)cc1C(F)(F)F. The van der Waals surface area contributed by atoms with E-state index in [0.717, 1.165) is 17.1 Å². The number of benzene rings is 2. The van der Waals surface area contributed by atoms with Crippen molar-refractivity contribution in [2.45, 2.75) is 18.5 Å². The Morgan fingerprint density at radius 3 is 2.66 bits per heavy atom. The van der Waals surface area contributed by atoms with Crippen LogP contribution in [0.15, 0.2) is 42.5 Å². The molecule has 0 unspecified atom stereocenters. The second-order valence-electron chi connectivity index (χ2n) is 7.41. The van der Waals surface area contributed by atoms with Crippen LogP contribution < -0.4 is 10.2 Å². The maximum Gasteiger partial charge on any atom is 0.418 e. The Hall–Kier alpha value is -2.72. The van der Waals surface area contributed by atoms with Crippen molar-refractivity contribution in [2.75, 3.05) is 42.8 Å². The van der Waals surface area contributed by atoms with Gasteiger partial charge in [0.25, 0.3) is 0 Å². The zero-order valence-electron chi connectivity index (χ0n) is 17.5. The minimum Gasteiger partial charge on any atom is -0.378 e. The van der Waals surface area contributed by atoms with E-state index in [1.807, 2.05) is 35.4 Å². The van der Waals surface area contributed by atoms with E-state index in [1.54, 1.807) is 22.4 Å². The number of morpholine rings is 1. The Labute approximate surface area is 187 Å². The number of halogens is 3. The molecule has 1 saturated heterocycles. The fourth-order valence-corrected chi connectivity index (χ4v) is 4.25. The van der Waals surface area contributed by atoms with Gasteiger partial charge in [0.2, 0.25) is 5.91 Å². The highest BCUT2D eigenvalue weighted by atomic mass is 32.2. The van der Waals surface area contributed by atoms with Gasteiger partial charge < -0.3 is 19.5 Å². The number of para-hydroxylation sites is 2. The molecule has 1 amide bonds. The molecule has 4 rings (SSSR count). The number of carbonyl (C=O) groups excluding carboxylic acids is 1. The van der Waals surface area contributed by atoms with Crippen molar-refractivity contribution in [3.63, 3.8) is 0 Å². The number of nitrogens with zero attached hydrogens (tertiary/aromatic N) is 3. The molecule has 0 radical (unpaired) electrons. The Morgan fingerprint density at radius 1 is 1.19 bits per heavy atom. The van der Waals surface area contributed by atoms with Gasteiger partial charge in [0.1, 0.15) is 12.4 Å². The van der Waals surface area contributed by atoms with Gasteiger partial charge in [-0.25, -0.2) is 4.98 Å². The van der Waals surface area contributed by atoms with E-state index in [-0.39, 0.29) is 12.2 Å². The molecule has 2 aromatic carbocycles. The lowest BCUT2D eigenvalue weighted by Gasteiger charge is -2.29. The summed E-state index contributed by atoms with van der Waals surface area (Å²) in [5, 5.41) is 2.46. The number of aromatic nitrogens is 2. The van der Waals surface area contributed by atoms with Gasteiger partial charge >= 0.3 is 6.18 Å². The number of anilines is 2. The molecule has 0 spiro atoms. The van der Waals surface area contributed by atoms with E-state index in [0.29, 0.717) is 43.6 Å². The van der Waals surface area contributed by atoms with Crippen LogP contribution >= 0.6 is 11.8 Å². The first-order valence-corrected chi connectivity index (χ1v) is 11.5. The van der Waals surface area contributed by atoms with Crippen molar-refractivity contribution >= 4 is 40.1 Å². The fraction of sp³-hybridized carbons (Fsp3) is 0.364. The third kappa shape index (κ3) is 4.86. The third-order valence-electron chi connectivity index (χ3n) is 5.27. The summed E-state index contributed by atoms with van der Waals surface area (Å²) in [6, 6.07) is 11.4. The zero-order valence-corrected chi connectivity index (χ0v) is 18.3. The van der Waals surface area contributed by atoms with Crippen LogP contribution in [0.4, 0.5) is 24.5 Å². The van der Waals surface area contributed by atoms with Gasteiger partial charge in [0.05, 0.1) is 41.3 Å². The molecule has 10 heteroatoms. The third-order valence-corrected chi connectivity index (χ3v) is 5.81. The predicted octanol–water partition coefficient (Wildman–Crippen LogP) is 4.39. The molecule has 1 aromatic heterocycles. The Bertz CT molecular complexity index is 1110. The first-order chi connectivity index (χ1) is 15.4. The monoisotopic (exact) mass is 464 g/mol. The van der Waals surface area contributed by atoms with Gasteiger partial charge in [0, 0.05) is 18.8 Å². The summed E-state index contributed by atoms with van der Waals surface area (Å²) in [7, 11) is 0. The van der Waals surface area contributed by atoms with E-state index in [4.69, 9.17) is 4.74 Å². The van der Waals surface area contributed by atoms with Crippen LogP contribution in [0, 0.1) is 0 Å². The Morgan fingerprint density at radius 2 is 1.94 bits per heavy atom. The number of hydrogen-bond acceptors (Lipinski definition) is 5. The van der Waals surface area contributed by atoms with Crippen molar-refractivity contribution in [3.05, 3.63) is 53.9 Å². The van der Waals surface area contributed by atoms with Crippen molar-refractivity contribution in [1.82, 2.24) is 9.55 Å². The quantitative estimate of drug-likeness (QED) is 0.586. The lowest BCUT2D eigenvalue weighted by molar-refractivity contribution is -0.136. The molecule has 0 aliphatic carbocycles. The summed E-state index contributed by atoms with van der Waals surface area (Å²) in [5.74, 6) is 0.747. The summed E-state index contributed by atoms with van der Waals surface area (Å²) in [5.41, 5.74) is 0.854. The second-order valence-corrected chi connectivity index (χ2v) is 8.28. The smallest absolute Gasteiger partial charge is 0.378 e. The van der Waals surface area contributed by atoms with Gasteiger partial charge in [-0.05, 0) is 36.6 Å². The van der Waals surface area contributed by atoms with Crippen LogP contribution in [-0.4, -0.2) is 48.0 Å². The number of rotatable bonds is 6. The number of hydrogen-bond donors (Lipinski definition) is 1. The van der Waals surface area contributed by atoms with E-state index in [2.05, 4.69) is 10.3 Å². The highest BCUT2D eigenvalue weighted by Crippen LogP contribution is 2.37. The standard InChI is InChI=1S/C22H23F3N4O2S/c1-32-14-20-26-18-4-2-3-5-19(18)29(20)13-21(30)27-17-7-6-15(12-16(17)22(23,24)25)28-8-10-31-11-9-28/h2-7,12H,8-11,13-14H2,1H3,(H,27,30). The highest BCUT2D eigenvalue weighted by molar-refractivity contribution is 7.97. The first-order valence-electron chi connectivity index (χ1n) is 10.1. The van der Waals surface area contributed by atoms with E-state index >= 15 is 0 Å². The van der Waals surface area contributed by atoms with Crippen LogP contribution in [0.1, 0.15) is 11.4 Å². The van der Waals surface area contributed by atoms with Crippen LogP contribution in [0.2, 0.25) is 0 Å². The van der Waals surface area contributed by atoms with Gasteiger partial charge in [-0.2, -0.15) is 24.9 Å². The zero-order chi connectivity index (χ0) is 22.7. The molecule has 2 heterocycles. The molecule has 0 atom stereocenters. The maximum absolute atomic E-state index is 13.8. The Balaban J connectivity index is 1.59. The summed E-state index contributed by atoms with van der Waals surface area (Å²) in [6.45, 7) is 1.86. The van der Waals surface area contributed by atoms with Crippen LogP contribution in [0.5, 0.6) is 0 Å². The largest absolute Gasteiger partial charge is 0.418 e. The normalized spacial score (nSPS) is 14.7. The molecular formula is C22H23F3N4O2S. The summed E-state index contributed by atoms with van der Waals surface area (Å²) >= 11 is 1.56. The number of amides is 1. The van der Waals surface area contributed by atoms with Crippen LogP contribution in [0.25, 0.3) is 11.0 Å². The number of thioether (sulfide) groups is 1. The van der Waals surface area contributed by atoms with Gasteiger partial charge in [-0.15, -0.1) is 0 Å². The lowest BCUT2D eigenvalue weighted by atomic mass is 10.1. The molecular weight excluding hydrogens is 441 g/mol. The number of nitrogens with one attached hydrogen (secondary N) is 1. The lowest BCUT2D eigenvalue weighted by Crippen LogP contribution is -2.36. The van der Waals surface area contributed by atoms with E-state index in [9.17, 15) is 18.0 Å². The molecule has 1 fully saturated rings. The molecule has 6 nitrogen and oxygen atoms in total. The van der Waals surface area contributed by atoms with Gasteiger partial charge in [0.15, 0.2) is 0 Å². The first kappa shape index (κ1) is 22.5. The van der Waals surface area contributed by atoms with E-state index < -0.39 is 17.6 Å². The van der Waals surface area contributed by atoms with Crippen molar-refractivity contribution in [2.24, 2.45) is 0 Å². The fourth-order valence-electron chi connectivity index (χ4n) is 3.77. The summed E-state index contributed by atoms with van der Waals surface area (Å²) < 4.78 is 48.4.